The minimum absolute atomic E-state index is 0.101. The molecular formula is C23H25ClFN5O2S. The summed E-state index contributed by atoms with van der Waals surface area (Å²) in [5.74, 6) is 0.0708. The number of benzene rings is 2. The molecule has 1 heterocycles. The van der Waals surface area contributed by atoms with Crippen LogP contribution < -0.4 is 10.6 Å². The molecule has 1 atom stereocenters. The number of aromatic nitrogens is 3. The van der Waals surface area contributed by atoms with E-state index in [0.29, 0.717) is 33.7 Å². The van der Waals surface area contributed by atoms with Gasteiger partial charge in [0.25, 0.3) is 5.91 Å². The lowest BCUT2D eigenvalue weighted by atomic mass is 10.0. The van der Waals surface area contributed by atoms with E-state index in [2.05, 4.69) is 34.7 Å². The summed E-state index contributed by atoms with van der Waals surface area (Å²) in [7, 11) is 1.80. The molecule has 10 heteroatoms. The maximum atomic E-state index is 13.0. The molecule has 3 aromatic rings. The number of carbonyl (C=O) groups is 2. The van der Waals surface area contributed by atoms with Crippen molar-refractivity contribution in [3.63, 3.8) is 0 Å². The zero-order valence-electron chi connectivity index (χ0n) is 18.5. The van der Waals surface area contributed by atoms with Crippen LogP contribution in [0.4, 0.5) is 10.1 Å². The van der Waals surface area contributed by atoms with Gasteiger partial charge < -0.3 is 15.2 Å². The first-order chi connectivity index (χ1) is 15.7. The van der Waals surface area contributed by atoms with Crippen LogP contribution in [0.3, 0.4) is 0 Å². The summed E-state index contributed by atoms with van der Waals surface area (Å²) in [4.78, 5) is 25.1. The Labute approximate surface area is 201 Å². The fourth-order valence-electron chi connectivity index (χ4n) is 3.20. The summed E-state index contributed by atoms with van der Waals surface area (Å²) >= 11 is 7.39. The average molecular weight is 490 g/mol. The molecule has 0 saturated carbocycles. The van der Waals surface area contributed by atoms with Gasteiger partial charge in [0.05, 0.1) is 22.4 Å². The Morgan fingerprint density at radius 3 is 2.48 bits per heavy atom. The Hall–Kier alpha value is -2.91. The first-order valence-corrected chi connectivity index (χ1v) is 11.7. The van der Waals surface area contributed by atoms with Crippen LogP contribution in [0.1, 0.15) is 42.5 Å². The highest BCUT2D eigenvalue weighted by Crippen LogP contribution is 2.25. The normalized spacial score (nSPS) is 11.9. The second-order valence-electron chi connectivity index (χ2n) is 7.88. The van der Waals surface area contributed by atoms with Gasteiger partial charge in [-0.15, -0.1) is 10.2 Å². The van der Waals surface area contributed by atoms with E-state index >= 15 is 0 Å². The van der Waals surface area contributed by atoms with E-state index in [4.69, 9.17) is 11.6 Å². The smallest absolute Gasteiger partial charge is 0.253 e. The highest BCUT2D eigenvalue weighted by atomic mass is 35.5. The molecule has 0 fully saturated rings. The van der Waals surface area contributed by atoms with Crippen molar-refractivity contribution in [1.29, 1.82) is 0 Å². The van der Waals surface area contributed by atoms with Crippen LogP contribution in [-0.2, 0) is 11.8 Å². The maximum Gasteiger partial charge on any atom is 0.253 e. The van der Waals surface area contributed by atoms with E-state index in [-0.39, 0.29) is 35.3 Å². The fourth-order valence-corrected chi connectivity index (χ4v) is 4.14. The Balaban J connectivity index is 1.68. The van der Waals surface area contributed by atoms with Crippen molar-refractivity contribution in [1.82, 2.24) is 20.1 Å². The molecule has 7 nitrogen and oxygen atoms in total. The zero-order valence-corrected chi connectivity index (χ0v) is 20.1. The van der Waals surface area contributed by atoms with Gasteiger partial charge in [0.2, 0.25) is 5.91 Å². The molecule has 174 valence electrons. The third-order valence-electron chi connectivity index (χ3n) is 4.77. The van der Waals surface area contributed by atoms with Gasteiger partial charge >= 0.3 is 0 Å². The number of nitrogens with one attached hydrogen (secondary N) is 2. The molecule has 0 radical (unpaired) electrons. The first kappa shape index (κ1) is 24.7. The number of hydrogen-bond donors (Lipinski definition) is 2. The SMILES string of the molecule is CC(C)CC(NC(=O)c1ccccc1Cl)c1nnc(SCC(=O)Nc2ccc(F)cc2)n1C. The van der Waals surface area contributed by atoms with Gasteiger partial charge in [0.15, 0.2) is 11.0 Å². The molecule has 2 aromatic carbocycles. The monoisotopic (exact) mass is 489 g/mol. The average Bonchev–Trinajstić information content (AvgIpc) is 3.13. The first-order valence-electron chi connectivity index (χ1n) is 10.4. The predicted octanol–water partition coefficient (Wildman–Crippen LogP) is 4.86. The van der Waals surface area contributed by atoms with Gasteiger partial charge in [0, 0.05) is 12.7 Å². The van der Waals surface area contributed by atoms with Crippen LogP contribution in [0.5, 0.6) is 0 Å². The molecule has 33 heavy (non-hydrogen) atoms. The second-order valence-corrected chi connectivity index (χ2v) is 9.23. The summed E-state index contributed by atoms with van der Waals surface area (Å²) in [5, 5.41) is 15.1. The molecule has 1 unspecified atom stereocenters. The molecule has 2 N–H and O–H groups in total. The van der Waals surface area contributed by atoms with E-state index in [9.17, 15) is 14.0 Å². The van der Waals surface area contributed by atoms with Crippen LogP contribution in [-0.4, -0.2) is 32.3 Å². The lowest BCUT2D eigenvalue weighted by molar-refractivity contribution is -0.113. The van der Waals surface area contributed by atoms with Crippen molar-refractivity contribution in [3.8, 4) is 0 Å². The van der Waals surface area contributed by atoms with Crippen molar-refractivity contribution in [3.05, 3.63) is 70.8 Å². The van der Waals surface area contributed by atoms with Gasteiger partial charge in [-0.3, -0.25) is 9.59 Å². The Morgan fingerprint density at radius 2 is 1.82 bits per heavy atom. The second kappa shape index (κ2) is 11.3. The van der Waals surface area contributed by atoms with E-state index in [1.807, 2.05) is 0 Å². The number of anilines is 1. The Kier molecular flexibility index (Phi) is 8.46. The summed E-state index contributed by atoms with van der Waals surface area (Å²) in [6.45, 7) is 4.11. The van der Waals surface area contributed by atoms with Crippen LogP contribution in [0.25, 0.3) is 0 Å². The van der Waals surface area contributed by atoms with Gasteiger partial charge in [0.1, 0.15) is 5.82 Å². The van der Waals surface area contributed by atoms with E-state index in [1.165, 1.54) is 36.0 Å². The molecule has 0 saturated heterocycles. The standard InChI is InChI=1S/C23H25ClFN5O2S/c1-14(2)12-19(27-22(32)17-6-4-5-7-18(17)24)21-28-29-23(30(21)3)33-13-20(31)26-16-10-8-15(25)9-11-16/h4-11,14,19H,12-13H2,1-3H3,(H,26,31)(H,27,32). The third-order valence-corrected chi connectivity index (χ3v) is 6.12. The largest absolute Gasteiger partial charge is 0.342 e. The van der Waals surface area contributed by atoms with E-state index in [1.54, 1.807) is 35.9 Å². The van der Waals surface area contributed by atoms with Crippen molar-refractivity contribution in [2.24, 2.45) is 13.0 Å². The summed E-state index contributed by atoms with van der Waals surface area (Å²) in [5.41, 5.74) is 0.905. The molecule has 0 aliphatic carbocycles. The zero-order chi connectivity index (χ0) is 24.0. The van der Waals surface area contributed by atoms with Crippen LogP contribution in [0, 0.1) is 11.7 Å². The summed E-state index contributed by atoms with van der Waals surface area (Å²) in [6, 6.07) is 12.0. The molecule has 3 rings (SSSR count). The molecule has 0 aliphatic heterocycles. The van der Waals surface area contributed by atoms with Crippen molar-refractivity contribution < 1.29 is 14.0 Å². The molecular weight excluding hydrogens is 465 g/mol. The van der Waals surface area contributed by atoms with Crippen LogP contribution >= 0.6 is 23.4 Å². The molecule has 0 bridgehead atoms. The summed E-state index contributed by atoms with van der Waals surface area (Å²) < 4.78 is 14.8. The minimum atomic E-state index is -0.381. The van der Waals surface area contributed by atoms with Crippen molar-refractivity contribution in [2.75, 3.05) is 11.1 Å². The van der Waals surface area contributed by atoms with Crippen molar-refractivity contribution >= 4 is 40.9 Å². The topological polar surface area (TPSA) is 88.9 Å². The molecule has 0 aliphatic rings. The predicted molar refractivity (Wildman–Crippen MR) is 128 cm³/mol. The number of nitrogens with zero attached hydrogens (tertiary/aromatic N) is 3. The van der Waals surface area contributed by atoms with E-state index < -0.39 is 0 Å². The van der Waals surface area contributed by atoms with Crippen LogP contribution in [0.2, 0.25) is 5.02 Å². The number of rotatable bonds is 9. The highest BCUT2D eigenvalue weighted by molar-refractivity contribution is 7.99. The van der Waals surface area contributed by atoms with Crippen molar-refractivity contribution in [2.45, 2.75) is 31.5 Å². The lowest BCUT2D eigenvalue weighted by Crippen LogP contribution is -2.31. The Morgan fingerprint density at radius 1 is 1.12 bits per heavy atom. The fraction of sp³-hybridized carbons (Fsp3) is 0.304. The summed E-state index contributed by atoms with van der Waals surface area (Å²) in [6.07, 6.45) is 0.651. The molecule has 1 aromatic heterocycles. The van der Waals surface area contributed by atoms with Crippen LogP contribution in [0.15, 0.2) is 53.7 Å². The van der Waals surface area contributed by atoms with E-state index in [0.717, 1.165) is 0 Å². The molecule has 2 amide bonds. The van der Waals surface area contributed by atoms with Gasteiger partial charge in [-0.2, -0.15) is 0 Å². The highest BCUT2D eigenvalue weighted by Gasteiger charge is 2.24. The minimum Gasteiger partial charge on any atom is -0.342 e. The number of halogens is 2. The van der Waals surface area contributed by atoms with Gasteiger partial charge in [-0.1, -0.05) is 49.3 Å². The third kappa shape index (κ3) is 6.79. The number of thioether (sulfide) groups is 1. The van der Waals surface area contributed by atoms with Gasteiger partial charge in [-0.25, -0.2) is 4.39 Å². The number of hydrogen-bond acceptors (Lipinski definition) is 5. The number of amides is 2. The molecule has 0 spiro atoms. The number of carbonyl (C=O) groups excluding carboxylic acids is 2. The van der Waals surface area contributed by atoms with Gasteiger partial charge in [-0.05, 0) is 48.7 Å². The quantitative estimate of drug-likeness (QED) is 0.419. The lowest BCUT2D eigenvalue weighted by Gasteiger charge is -2.20. The maximum absolute atomic E-state index is 13.0. The Bertz CT molecular complexity index is 1120.